The SMILES string of the molecule is CNC(=O)[C@@]12SC(N)=N[C@](C)(c3cc(/C=C(\F)c4ncc(C#N)cc4C)ccc3F)C1[C@@H]2C. The van der Waals surface area contributed by atoms with Crippen LogP contribution in [0.5, 0.6) is 0 Å². The second-order valence-electron chi connectivity index (χ2n) is 8.57. The molecule has 9 heteroatoms. The Kier molecular flexibility index (Phi) is 5.53. The van der Waals surface area contributed by atoms with Crippen molar-refractivity contribution in [3.05, 3.63) is 64.2 Å². The zero-order chi connectivity index (χ0) is 24.1. The first-order chi connectivity index (χ1) is 15.6. The number of aromatic nitrogens is 1. The van der Waals surface area contributed by atoms with E-state index in [2.05, 4.69) is 15.3 Å². The minimum atomic E-state index is -1.09. The van der Waals surface area contributed by atoms with Crippen molar-refractivity contribution in [3.8, 4) is 6.07 Å². The number of carbonyl (C=O) groups excluding carboxylic acids is 1. The number of pyridine rings is 1. The molecule has 170 valence electrons. The first-order valence-electron chi connectivity index (χ1n) is 10.4. The Morgan fingerprint density at radius 3 is 2.76 bits per heavy atom. The zero-order valence-electron chi connectivity index (χ0n) is 18.6. The number of aryl methyl sites for hydroxylation is 1. The molecule has 4 atom stereocenters. The number of amidine groups is 1. The van der Waals surface area contributed by atoms with Gasteiger partial charge in [-0.05, 0) is 55.2 Å². The van der Waals surface area contributed by atoms with Crippen molar-refractivity contribution in [3.63, 3.8) is 0 Å². The number of nitrogens with one attached hydrogen (secondary N) is 1. The van der Waals surface area contributed by atoms with E-state index < -0.39 is 21.9 Å². The highest BCUT2D eigenvalue weighted by atomic mass is 32.2. The van der Waals surface area contributed by atoms with Gasteiger partial charge in [0.05, 0.1) is 11.1 Å². The van der Waals surface area contributed by atoms with Crippen molar-refractivity contribution in [2.24, 2.45) is 22.6 Å². The number of nitrogens with two attached hydrogens (primary N) is 1. The highest BCUT2D eigenvalue weighted by Gasteiger charge is 2.76. The number of hydrogen-bond donors (Lipinski definition) is 2. The molecular weight excluding hydrogens is 444 g/mol. The lowest BCUT2D eigenvalue weighted by Crippen LogP contribution is -2.43. The van der Waals surface area contributed by atoms with Crippen LogP contribution >= 0.6 is 11.8 Å². The van der Waals surface area contributed by atoms with E-state index >= 15 is 8.78 Å². The molecule has 3 N–H and O–H groups in total. The number of hydrogen-bond acceptors (Lipinski definition) is 6. The Labute approximate surface area is 195 Å². The van der Waals surface area contributed by atoms with E-state index in [1.807, 2.05) is 13.0 Å². The lowest BCUT2D eigenvalue weighted by atomic mass is 9.84. The standard InChI is InChI=1S/C24H23F2N5OS/c1-12-7-15(10-27)11-30-19(12)18(26)9-14-5-6-17(25)16(8-14)23(3)20-13(2)24(20,21(32)29-4)33-22(28)31-23/h5-9,11,13,20H,1-4H3,(H2,28,31)(H,29,32)/b18-9-/t13-,20?,23+,24-/m0/s1. The molecule has 6 nitrogen and oxygen atoms in total. The molecule has 1 aliphatic carbocycles. The molecule has 2 aliphatic rings. The predicted octanol–water partition coefficient (Wildman–Crippen LogP) is 3.90. The maximum atomic E-state index is 15.1. The molecule has 1 aromatic heterocycles. The van der Waals surface area contributed by atoms with Crippen molar-refractivity contribution in [1.82, 2.24) is 10.3 Å². The van der Waals surface area contributed by atoms with Gasteiger partial charge in [0, 0.05) is 24.7 Å². The van der Waals surface area contributed by atoms with E-state index in [-0.39, 0.29) is 34.2 Å². The van der Waals surface area contributed by atoms with Gasteiger partial charge >= 0.3 is 0 Å². The monoisotopic (exact) mass is 467 g/mol. The summed E-state index contributed by atoms with van der Waals surface area (Å²) >= 11 is 1.21. The molecule has 4 rings (SSSR count). The average molecular weight is 468 g/mol. The van der Waals surface area contributed by atoms with Crippen LogP contribution in [0.2, 0.25) is 0 Å². The first kappa shape index (κ1) is 22.9. The third-order valence-electron chi connectivity index (χ3n) is 6.60. The van der Waals surface area contributed by atoms with Gasteiger partial charge in [-0.1, -0.05) is 24.8 Å². The lowest BCUT2D eigenvalue weighted by Gasteiger charge is -2.33. The topological polar surface area (TPSA) is 104 Å². The van der Waals surface area contributed by atoms with Crippen molar-refractivity contribution in [2.45, 2.75) is 31.1 Å². The molecule has 0 radical (unpaired) electrons. The van der Waals surface area contributed by atoms with Gasteiger partial charge in [-0.3, -0.25) is 14.8 Å². The van der Waals surface area contributed by atoms with Crippen LogP contribution in [0.3, 0.4) is 0 Å². The molecule has 1 fully saturated rings. The van der Waals surface area contributed by atoms with Crippen LogP contribution < -0.4 is 11.1 Å². The second-order valence-corrected chi connectivity index (χ2v) is 9.87. The molecule has 1 aromatic carbocycles. The average Bonchev–Trinajstić information content (AvgIpc) is 3.39. The fourth-order valence-electron chi connectivity index (χ4n) is 5.02. The molecular formula is C24H23F2N5OS. The number of amides is 1. The van der Waals surface area contributed by atoms with E-state index in [4.69, 9.17) is 11.0 Å². The summed E-state index contributed by atoms with van der Waals surface area (Å²) in [5.41, 5.74) is 6.64. The molecule has 2 heterocycles. The fourth-order valence-corrected chi connectivity index (χ4v) is 6.61. The quantitative estimate of drug-likeness (QED) is 0.710. The van der Waals surface area contributed by atoms with Gasteiger partial charge in [0.25, 0.3) is 0 Å². The van der Waals surface area contributed by atoms with Crippen molar-refractivity contribution >= 4 is 34.7 Å². The summed E-state index contributed by atoms with van der Waals surface area (Å²) in [6, 6.07) is 7.79. The zero-order valence-corrected chi connectivity index (χ0v) is 19.4. The Morgan fingerprint density at radius 1 is 1.39 bits per heavy atom. The Morgan fingerprint density at radius 2 is 2.12 bits per heavy atom. The largest absolute Gasteiger partial charge is 0.378 e. The normalized spacial score (nSPS) is 28.4. The molecule has 0 saturated heterocycles. The number of nitrogens with zero attached hydrogens (tertiary/aromatic N) is 3. The number of benzene rings is 1. The lowest BCUT2D eigenvalue weighted by molar-refractivity contribution is -0.121. The molecule has 2 aromatic rings. The first-order valence-corrected chi connectivity index (χ1v) is 11.2. The Bertz CT molecular complexity index is 1270. The van der Waals surface area contributed by atoms with E-state index in [9.17, 15) is 4.79 Å². The van der Waals surface area contributed by atoms with Crippen molar-refractivity contribution < 1.29 is 13.6 Å². The number of rotatable bonds is 4. The minimum absolute atomic E-state index is 0.0851. The van der Waals surface area contributed by atoms with E-state index in [0.717, 1.165) is 0 Å². The van der Waals surface area contributed by atoms with Crippen LogP contribution in [0.25, 0.3) is 11.9 Å². The third-order valence-corrected chi connectivity index (χ3v) is 8.04. The minimum Gasteiger partial charge on any atom is -0.378 e. The molecule has 0 spiro atoms. The summed E-state index contributed by atoms with van der Waals surface area (Å²) in [5, 5.41) is 11.9. The third kappa shape index (κ3) is 3.49. The molecule has 1 unspecified atom stereocenters. The molecule has 1 aliphatic heterocycles. The van der Waals surface area contributed by atoms with E-state index in [0.29, 0.717) is 16.7 Å². The number of halogens is 2. The summed E-state index contributed by atoms with van der Waals surface area (Å²) < 4.78 is 29.3. The van der Waals surface area contributed by atoms with Gasteiger partial charge in [-0.25, -0.2) is 8.78 Å². The number of fused-ring (bicyclic) bond motifs is 1. The molecule has 33 heavy (non-hydrogen) atoms. The summed E-state index contributed by atoms with van der Waals surface area (Å²) in [7, 11) is 1.56. The summed E-state index contributed by atoms with van der Waals surface area (Å²) in [4.78, 5) is 21.3. The molecule has 1 saturated carbocycles. The van der Waals surface area contributed by atoms with Crippen molar-refractivity contribution in [1.29, 1.82) is 5.26 Å². The summed E-state index contributed by atoms with van der Waals surface area (Å²) in [5.74, 6) is -1.64. The second kappa shape index (κ2) is 7.96. The smallest absolute Gasteiger partial charge is 0.237 e. The van der Waals surface area contributed by atoms with Crippen LogP contribution in [0.1, 0.15) is 41.8 Å². The van der Waals surface area contributed by atoms with Gasteiger partial charge in [0.15, 0.2) is 5.17 Å². The van der Waals surface area contributed by atoms with Crippen LogP contribution in [0.15, 0.2) is 35.5 Å². The van der Waals surface area contributed by atoms with Gasteiger partial charge in [0.1, 0.15) is 28.2 Å². The Balaban J connectivity index is 1.77. The summed E-state index contributed by atoms with van der Waals surface area (Å²) in [6.07, 6.45) is 2.57. The molecule has 0 bridgehead atoms. The van der Waals surface area contributed by atoms with Crippen molar-refractivity contribution in [2.75, 3.05) is 7.05 Å². The fraction of sp³-hybridized carbons (Fsp3) is 0.333. The maximum Gasteiger partial charge on any atom is 0.237 e. The highest BCUT2D eigenvalue weighted by molar-refractivity contribution is 8.15. The van der Waals surface area contributed by atoms with Crippen LogP contribution in [-0.2, 0) is 10.3 Å². The predicted molar refractivity (Wildman–Crippen MR) is 125 cm³/mol. The van der Waals surface area contributed by atoms with Gasteiger partial charge in [-0.15, -0.1) is 0 Å². The Hall–Kier alpha value is -3.25. The number of thioether (sulfide) groups is 1. The van der Waals surface area contributed by atoms with E-state index in [1.165, 1.54) is 36.2 Å². The maximum absolute atomic E-state index is 15.1. The summed E-state index contributed by atoms with van der Waals surface area (Å²) in [6.45, 7) is 5.36. The number of aliphatic imine (C=N–C) groups is 1. The van der Waals surface area contributed by atoms with Gasteiger partial charge < -0.3 is 11.1 Å². The van der Waals surface area contributed by atoms with Gasteiger partial charge in [0.2, 0.25) is 5.91 Å². The molecule has 1 amide bonds. The number of nitriles is 1. The van der Waals surface area contributed by atoms with Gasteiger partial charge in [-0.2, -0.15) is 5.26 Å². The number of carbonyl (C=O) groups is 1. The van der Waals surface area contributed by atoms with Crippen LogP contribution in [0, 0.1) is 35.9 Å². The van der Waals surface area contributed by atoms with Crippen LogP contribution in [0.4, 0.5) is 8.78 Å². The van der Waals surface area contributed by atoms with Crippen LogP contribution in [-0.4, -0.2) is 27.9 Å². The van der Waals surface area contributed by atoms with E-state index in [1.54, 1.807) is 33.0 Å². The highest BCUT2D eigenvalue weighted by Crippen LogP contribution is 2.69.